The Morgan fingerprint density at radius 2 is 2.03 bits per heavy atom. The number of hydrogen-bond donors (Lipinski definition) is 1. The predicted octanol–water partition coefficient (Wildman–Crippen LogP) is 2.90. The van der Waals surface area contributed by atoms with Crippen LogP contribution in [-0.2, 0) is 0 Å². The van der Waals surface area contributed by atoms with Crippen LogP contribution in [0, 0.1) is 5.92 Å². The lowest BCUT2D eigenvalue weighted by Crippen LogP contribution is -2.64. The van der Waals surface area contributed by atoms with Gasteiger partial charge in [0.15, 0.2) is 5.82 Å². The lowest BCUT2D eigenvalue weighted by molar-refractivity contribution is -0.0177. The Morgan fingerprint density at radius 1 is 1.17 bits per heavy atom. The van der Waals surface area contributed by atoms with Crippen LogP contribution in [0.5, 0.6) is 5.75 Å². The highest BCUT2D eigenvalue weighted by molar-refractivity contribution is 5.69. The zero-order valence-corrected chi connectivity index (χ0v) is 17.1. The SMILES string of the molecule is CN1CC2CCC1[C@H](F)[C@@H]2N(C)c1ccc(-c2ccc(-n3ccnc3)cc2O)nn1. The van der Waals surface area contributed by atoms with Crippen LogP contribution in [-0.4, -0.2) is 68.7 Å². The summed E-state index contributed by atoms with van der Waals surface area (Å²) in [4.78, 5) is 8.11. The molecule has 1 saturated carbocycles. The summed E-state index contributed by atoms with van der Waals surface area (Å²) in [6.07, 6.45) is 6.25. The van der Waals surface area contributed by atoms with Crippen LogP contribution in [0.25, 0.3) is 16.9 Å². The Kier molecular flexibility index (Phi) is 4.66. The summed E-state index contributed by atoms with van der Waals surface area (Å²) in [6.45, 7) is 0.919. The second kappa shape index (κ2) is 7.36. The summed E-state index contributed by atoms with van der Waals surface area (Å²) in [5.41, 5.74) is 1.98. The molecule has 2 aliphatic heterocycles. The maximum atomic E-state index is 15.1. The van der Waals surface area contributed by atoms with E-state index in [1.54, 1.807) is 18.6 Å². The van der Waals surface area contributed by atoms with Gasteiger partial charge in [0, 0.05) is 43.7 Å². The molecule has 2 aromatic heterocycles. The van der Waals surface area contributed by atoms with Crippen LogP contribution < -0.4 is 4.90 Å². The molecule has 2 saturated heterocycles. The van der Waals surface area contributed by atoms with E-state index in [-0.39, 0.29) is 17.8 Å². The predicted molar refractivity (Wildman–Crippen MR) is 112 cm³/mol. The second-order valence-electron chi connectivity index (χ2n) is 8.34. The smallest absolute Gasteiger partial charge is 0.151 e. The number of halogens is 1. The lowest BCUT2D eigenvalue weighted by atomic mass is 9.74. The Bertz CT molecular complexity index is 1020. The molecule has 2 bridgehead atoms. The van der Waals surface area contributed by atoms with Gasteiger partial charge in [-0.25, -0.2) is 9.37 Å². The monoisotopic (exact) mass is 408 g/mol. The van der Waals surface area contributed by atoms with Gasteiger partial charge >= 0.3 is 0 Å². The molecule has 0 amide bonds. The van der Waals surface area contributed by atoms with E-state index in [0.717, 1.165) is 25.1 Å². The van der Waals surface area contributed by atoms with Crippen molar-refractivity contribution in [3.8, 4) is 22.7 Å². The molecular formula is C22H25FN6O. The molecule has 0 radical (unpaired) electrons. The fourth-order valence-electron chi connectivity index (χ4n) is 5.02. The molecule has 6 rings (SSSR count). The third-order valence-corrected chi connectivity index (χ3v) is 6.62. The number of aromatic nitrogens is 4. The molecule has 2 unspecified atom stereocenters. The Morgan fingerprint density at radius 3 is 2.67 bits per heavy atom. The van der Waals surface area contributed by atoms with Crippen LogP contribution in [0.15, 0.2) is 49.1 Å². The fraction of sp³-hybridized carbons (Fsp3) is 0.409. The van der Waals surface area contributed by atoms with Gasteiger partial charge in [-0.2, -0.15) is 0 Å². The van der Waals surface area contributed by atoms with Crippen molar-refractivity contribution in [1.29, 1.82) is 0 Å². The zero-order chi connectivity index (χ0) is 20.8. The summed E-state index contributed by atoms with van der Waals surface area (Å²) in [7, 11) is 3.91. The van der Waals surface area contributed by atoms with Gasteiger partial charge in [-0.15, -0.1) is 10.2 Å². The van der Waals surface area contributed by atoms with Crippen LogP contribution in [0.2, 0.25) is 0 Å². The van der Waals surface area contributed by atoms with E-state index < -0.39 is 6.17 Å². The number of alkyl halides is 1. The first kappa shape index (κ1) is 19.0. The van der Waals surface area contributed by atoms with Crippen LogP contribution in [0.3, 0.4) is 0 Å². The molecule has 1 aliphatic carbocycles. The van der Waals surface area contributed by atoms with Crippen molar-refractivity contribution in [2.45, 2.75) is 31.1 Å². The van der Waals surface area contributed by atoms with Crippen molar-refractivity contribution >= 4 is 5.82 Å². The highest BCUT2D eigenvalue weighted by Crippen LogP contribution is 2.39. The molecule has 3 fully saturated rings. The van der Waals surface area contributed by atoms with Crippen molar-refractivity contribution in [2.24, 2.45) is 5.92 Å². The largest absolute Gasteiger partial charge is 0.507 e. The van der Waals surface area contributed by atoms with Crippen molar-refractivity contribution < 1.29 is 9.50 Å². The molecule has 4 atom stereocenters. The molecule has 30 heavy (non-hydrogen) atoms. The number of rotatable bonds is 4. The van der Waals surface area contributed by atoms with Crippen LogP contribution >= 0.6 is 0 Å². The number of anilines is 1. The Hall–Kier alpha value is -3.00. The average molecular weight is 408 g/mol. The molecular weight excluding hydrogens is 383 g/mol. The molecule has 156 valence electrons. The lowest BCUT2D eigenvalue weighted by Gasteiger charge is -2.52. The highest BCUT2D eigenvalue weighted by Gasteiger charge is 2.48. The second-order valence-corrected chi connectivity index (χ2v) is 8.34. The zero-order valence-electron chi connectivity index (χ0n) is 17.1. The molecule has 8 heteroatoms. The Labute approximate surface area is 174 Å². The van der Waals surface area contributed by atoms with E-state index in [2.05, 4.69) is 20.1 Å². The number of phenols is 1. The molecule has 1 aromatic carbocycles. The van der Waals surface area contributed by atoms with Crippen molar-refractivity contribution in [1.82, 2.24) is 24.6 Å². The fourth-order valence-corrected chi connectivity index (χ4v) is 5.02. The van der Waals surface area contributed by atoms with E-state index in [9.17, 15) is 5.11 Å². The maximum absolute atomic E-state index is 15.1. The minimum Gasteiger partial charge on any atom is -0.507 e. The van der Waals surface area contributed by atoms with E-state index in [4.69, 9.17) is 0 Å². The van der Waals surface area contributed by atoms with Crippen LogP contribution in [0.4, 0.5) is 10.2 Å². The number of nitrogens with zero attached hydrogens (tertiary/aromatic N) is 6. The molecule has 4 heterocycles. The number of piperidine rings is 2. The third kappa shape index (κ3) is 3.11. The van der Waals surface area contributed by atoms with E-state index >= 15 is 4.39 Å². The first-order valence-electron chi connectivity index (χ1n) is 10.3. The number of benzene rings is 1. The minimum absolute atomic E-state index is 0.0133. The Balaban J connectivity index is 1.37. The van der Waals surface area contributed by atoms with E-state index in [1.165, 1.54) is 0 Å². The number of aromatic hydroxyl groups is 1. The van der Waals surface area contributed by atoms with Gasteiger partial charge in [0.1, 0.15) is 11.9 Å². The summed E-state index contributed by atoms with van der Waals surface area (Å²) >= 11 is 0. The number of fused-ring (bicyclic) bond motifs is 3. The first-order chi connectivity index (χ1) is 14.5. The summed E-state index contributed by atoms with van der Waals surface area (Å²) in [5.74, 6) is 1.06. The number of phenolic OH excluding ortho intramolecular Hbond substituents is 1. The highest BCUT2D eigenvalue weighted by atomic mass is 19.1. The molecule has 3 aliphatic rings. The number of imidazole rings is 1. The summed E-state index contributed by atoms with van der Waals surface area (Å²) < 4.78 is 16.9. The summed E-state index contributed by atoms with van der Waals surface area (Å²) in [6, 6.07) is 8.85. The van der Waals surface area contributed by atoms with Gasteiger partial charge in [0.25, 0.3) is 0 Å². The molecule has 1 N–H and O–H groups in total. The van der Waals surface area contributed by atoms with Gasteiger partial charge in [-0.05, 0) is 50.1 Å². The van der Waals surface area contributed by atoms with Crippen LogP contribution in [0.1, 0.15) is 12.8 Å². The quantitative estimate of drug-likeness (QED) is 0.716. The topological polar surface area (TPSA) is 70.3 Å². The van der Waals surface area contributed by atoms with E-state index in [0.29, 0.717) is 23.0 Å². The average Bonchev–Trinajstić information content (AvgIpc) is 3.29. The third-order valence-electron chi connectivity index (χ3n) is 6.62. The normalized spacial score (nSPS) is 26.1. The summed E-state index contributed by atoms with van der Waals surface area (Å²) in [5, 5.41) is 19.2. The van der Waals surface area contributed by atoms with Crippen molar-refractivity contribution in [2.75, 3.05) is 25.5 Å². The van der Waals surface area contributed by atoms with Gasteiger partial charge in [0.05, 0.1) is 23.8 Å². The van der Waals surface area contributed by atoms with E-state index in [1.807, 2.05) is 54.0 Å². The number of hydrogen-bond acceptors (Lipinski definition) is 6. The molecule has 3 aromatic rings. The first-order valence-corrected chi connectivity index (χ1v) is 10.3. The van der Waals surface area contributed by atoms with Gasteiger partial charge in [0.2, 0.25) is 0 Å². The standard InChI is InChI=1S/C22H25FN6O/c1-27-12-14-3-7-18(27)21(23)22(14)28(2)20-8-6-17(25-26-20)16-5-4-15(11-19(16)30)29-10-9-24-13-29/h4-6,8-11,13-14,18,21-22,30H,3,7,12H2,1-2H3/t14?,18?,21-,22+/m0/s1. The maximum Gasteiger partial charge on any atom is 0.151 e. The van der Waals surface area contributed by atoms with Gasteiger partial charge in [-0.1, -0.05) is 0 Å². The molecule has 0 spiro atoms. The molecule has 7 nitrogen and oxygen atoms in total. The van der Waals surface area contributed by atoms with Gasteiger partial charge in [-0.3, -0.25) is 0 Å². The van der Waals surface area contributed by atoms with Gasteiger partial charge < -0.3 is 19.5 Å². The minimum atomic E-state index is -0.895. The van der Waals surface area contributed by atoms with Crippen molar-refractivity contribution in [3.05, 3.63) is 49.1 Å². The van der Waals surface area contributed by atoms with Crippen molar-refractivity contribution in [3.63, 3.8) is 0 Å².